The summed E-state index contributed by atoms with van der Waals surface area (Å²) in [5.41, 5.74) is 0.102. The lowest BCUT2D eigenvalue weighted by atomic mass is 10.0. The van der Waals surface area contributed by atoms with Crippen LogP contribution in [0, 0.1) is 5.82 Å². The standard InChI is InChI=1S/C17H21FN2O3/c1-17(7-2-10-23-17)16(22)20-9-8-19(15(21)12-20)11-13-3-5-14(18)6-4-13/h3-6H,2,7-12H2,1H3/t17-/m1/s1. The van der Waals surface area contributed by atoms with E-state index in [9.17, 15) is 14.0 Å². The molecule has 2 saturated heterocycles. The summed E-state index contributed by atoms with van der Waals surface area (Å²) in [6, 6.07) is 6.12. The van der Waals surface area contributed by atoms with Gasteiger partial charge in [-0.15, -0.1) is 0 Å². The van der Waals surface area contributed by atoms with Crippen molar-refractivity contribution in [2.45, 2.75) is 31.9 Å². The average Bonchev–Trinajstić information content (AvgIpc) is 2.99. The zero-order valence-corrected chi connectivity index (χ0v) is 13.3. The van der Waals surface area contributed by atoms with Gasteiger partial charge in [0.25, 0.3) is 5.91 Å². The molecule has 1 aromatic carbocycles. The van der Waals surface area contributed by atoms with Crippen molar-refractivity contribution in [3.05, 3.63) is 35.6 Å². The summed E-state index contributed by atoms with van der Waals surface area (Å²) in [6.45, 7) is 3.91. The van der Waals surface area contributed by atoms with Crippen molar-refractivity contribution >= 4 is 11.8 Å². The van der Waals surface area contributed by atoms with Crippen molar-refractivity contribution in [3.63, 3.8) is 0 Å². The highest BCUT2D eigenvalue weighted by Crippen LogP contribution is 2.28. The number of hydrogen-bond acceptors (Lipinski definition) is 3. The van der Waals surface area contributed by atoms with Gasteiger partial charge in [-0.2, -0.15) is 0 Å². The molecule has 2 fully saturated rings. The molecule has 124 valence electrons. The first-order valence-electron chi connectivity index (χ1n) is 7.93. The summed E-state index contributed by atoms with van der Waals surface area (Å²) in [7, 11) is 0. The lowest BCUT2D eigenvalue weighted by Crippen LogP contribution is -2.56. The number of benzene rings is 1. The fourth-order valence-corrected chi connectivity index (χ4v) is 3.14. The highest BCUT2D eigenvalue weighted by Gasteiger charge is 2.42. The highest BCUT2D eigenvalue weighted by molar-refractivity contribution is 5.90. The third-order valence-corrected chi connectivity index (χ3v) is 4.56. The van der Waals surface area contributed by atoms with E-state index in [2.05, 4.69) is 0 Å². The van der Waals surface area contributed by atoms with Gasteiger partial charge < -0.3 is 14.5 Å². The summed E-state index contributed by atoms with van der Waals surface area (Å²) < 4.78 is 18.5. The van der Waals surface area contributed by atoms with E-state index in [0.29, 0.717) is 32.7 Å². The van der Waals surface area contributed by atoms with Gasteiger partial charge in [0, 0.05) is 26.2 Å². The van der Waals surface area contributed by atoms with Gasteiger partial charge in [0.1, 0.15) is 11.4 Å². The molecule has 0 bridgehead atoms. The number of piperazine rings is 1. The van der Waals surface area contributed by atoms with Gasteiger partial charge in [-0.1, -0.05) is 12.1 Å². The van der Waals surface area contributed by atoms with E-state index in [1.165, 1.54) is 12.1 Å². The van der Waals surface area contributed by atoms with E-state index < -0.39 is 5.60 Å². The zero-order chi connectivity index (χ0) is 16.4. The van der Waals surface area contributed by atoms with Crippen LogP contribution in [0.5, 0.6) is 0 Å². The molecular weight excluding hydrogens is 299 g/mol. The molecule has 0 spiro atoms. The molecule has 0 aromatic heterocycles. The molecule has 2 aliphatic heterocycles. The molecule has 5 nitrogen and oxygen atoms in total. The minimum absolute atomic E-state index is 0.0823. The van der Waals surface area contributed by atoms with Crippen LogP contribution in [0.1, 0.15) is 25.3 Å². The molecule has 0 N–H and O–H groups in total. The number of carbonyl (C=O) groups is 2. The maximum atomic E-state index is 12.9. The molecule has 1 atom stereocenters. The Hall–Kier alpha value is -1.95. The Labute approximate surface area is 135 Å². The predicted molar refractivity (Wildman–Crippen MR) is 82.0 cm³/mol. The van der Waals surface area contributed by atoms with Crippen molar-refractivity contribution in [2.24, 2.45) is 0 Å². The number of nitrogens with zero attached hydrogens (tertiary/aromatic N) is 2. The summed E-state index contributed by atoms with van der Waals surface area (Å²) >= 11 is 0. The predicted octanol–water partition coefficient (Wildman–Crippen LogP) is 1.57. The molecule has 23 heavy (non-hydrogen) atoms. The van der Waals surface area contributed by atoms with Crippen LogP contribution in [0.3, 0.4) is 0 Å². The Morgan fingerprint density at radius 3 is 2.65 bits per heavy atom. The van der Waals surface area contributed by atoms with Crippen molar-refractivity contribution in [1.82, 2.24) is 9.80 Å². The summed E-state index contributed by atoms with van der Waals surface area (Å²) in [5, 5.41) is 0. The quantitative estimate of drug-likeness (QED) is 0.849. The maximum absolute atomic E-state index is 12.9. The summed E-state index contributed by atoms with van der Waals surface area (Å²) in [4.78, 5) is 28.2. The van der Waals surface area contributed by atoms with Gasteiger partial charge in [-0.05, 0) is 37.5 Å². The second-order valence-corrected chi connectivity index (χ2v) is 6.35. The molecule has 0 saturated carbocycles. The minimum Gasteiger partial charge on any atom is -0.365 e. The average molecular weight is 320 g/mol. The number of ether oxygens (including phenoxy) is 1. The van der Waals surface area contributed by atoms with Gasteiger partial charge in [-0.3, -0.25) is 9.59 Å². The first kappa shape index (κ1) is 15.9. The van der Waals surface area contributed by atoms with Crippen molar-refractivity contribution in [3.8, 4) is 0 Å². The van der Waals surface area contributed by atoms with Crippen molar-refractivity contribution < 1.29 is 18.7 Å². The Morgan fingerprint density at radius 1 is 1.30 bits per heavy atom. The first-order chi connectivity index (χ1) is 11.0. The molecule has 2 heterocycles. The van der Waals surface area contributed by atoms with Gasteiger partial charge in [-0.25, -0.2) is 4.39 Å². The van der Waals surface area contributed by atoms with E-state index in [0.717, 1.165) is 12.0 Å². The van der Waals surface area contributed by atoms with Crippen LogP contribution in [0.15, 0.2) is 24.3 Å². The monoisotopic (exact) mass is 320 g/mol. The van der Waals surface area contributed by atoms with Crippen LogP contribution in [-0.4, -0.2) is 53.5 Å². The lowest BCUT2D eigenvalue weighted by Gasteiger charge is -2.37. The van der Waals surface area contributed by atoms with Crippen LogP contribution >= 0.6 is 0 Å². The largest absolute Gasteiger partial charge is 0.365 e. The number of amides is 2. The van der Waals surface area contributed by atoms with Gasteiger partial charge in [0.15, 0.2) is 0 Å². The molecule has 0 unspecified atom stereocenters. The Kier molecular flexibility index (Phi) is 4.35. The van der Waals surface area contributed by atoms with E-state index >= 15 is 0 Å². The summed E-state index contributed by atoms with van der Waals surface area (Å²) in [5.74, 6) is -0.472. The highest BCUT2D eigenvalue weighted by atomic mass is 19.1. The zero-order valence-electron chi connectivity index (χ0n) is 13.3. The van der Waals surface area contributed by atoms with Crippen LogP contribution < -0.4 is 0 Å². The molecular formula is C17H21FN2O3. The number of rotatable bonds is 3. The molecule has 6 heteroatoms. The van der Waals surface area contributed by atoms with Gasteiger partial charge in [0.2, 0.25) is 5.91 Å². The third kappa shape index (κ3) is 3.37. The fourth-order valence-electron chi connectivity index (χ4n) is 3.14. The number of halogens is 1. The second-order valence-electron chi connectivity index (χ2n) is 6.35. The van der Waals surface area contributed by atoms with Gasteiger partial charge >= 0.3 is 0 Å². The SMILES string of the molecule is C[C@]1(C(=O)N2CCN(Cc3ccc(F)cc3)C(=O)C2)CCCO1. The van der Waals surface area contributed by atoms with E-state index in [1.54, 1.807) is 28.9 Å². The molecule has 0 aliphatic carbocycles. The smallest absolute Gasteiger partial charge is 0.255 e. The maximum Gasteiger partial charge on any atom is 0.255 e. The Bertz CT molecular complexity index is 596. The van der Waals surface area contributed by atoms with Crippen LogP contribution in [0.4, 0.5) is 4.39 Å². The summed E-state index contributed by atoms with van der Waals surface area (Å²) in [6.07, 6.45) is 1.58. The molecule has 3 rings (SSSR count). The molecule has 0 radical (unpaired) electrons. The third-order valence-electron chi connectivity index (χ3n) is 4.56. The normalized spacial score (nSPS) is 25.0. The van der Waals surface area contributed by atoms with E-state index in [1.807, 2.05) is 0 Å². The van der Waals surface area contributed by atoms with Crippen LogP contribution in [0.2, 0.25) is 0 Å². The van der Waals surface area contributed by atoms with Crippen LogP contribution in [-0.2, 0) is 20.9 Å². The van der Waals surface area contributed by atoms with Crippen LogP contribution in [0.25, 0.3) is 0 Å². The molecule has 2 aliphatic rings. The number of carbonyl (C=O) groups excluding carboxylic acids is 2. The molecule has 1 aromatic rings. The van der Waals surface area contributed by atoms with Gasteiger partial charge in [0.05, 0.1) is 6.54 Å². The van der Waals surface area contributed by atoms with Crippen molar-refractivity contribution in [2.75, 3.05) is 26.2 Å². The van der Waals surface area contributed by atoms with E-state index in [-0.39, 0.29) is 24.2 Å². The minimum atomic E-state index is -0.778. The fraction of sp³-hybridized carbons (Fsp3) is 0.529. The first-order valence-corrected chi connectivity index (χ1v) is 7.93. The topological polar surface area (TPSA) is 49.9 Å². The van der Waals surface area contributed by atoms with E-state index in [4.69, 9.17) is 4.74 Å². The Balaban J connectivity index is 1.60. The second kappa shape index (κ2) is 6.28. The Morgan fingerprint density at radius 2 is 2.04 bits per heavy atom. The van der Waals surface area contributed by atoms with Crippen molar-refractivity contribution in [1.29, 1.82) is 0 Å². The number of hydrogen-bond donors (Lipinski definition) is 0. The molecule has 2 amide bonds. The lowest BCUT2D eigenvalue weighted by molar-refractivity contribution is -0.158.